The molecular formula is C35H28F8N8O2S. The number of alkyl halides is 6. The molecule has 5 aromatic rings. The molecule has 19 heteroatoms. The van der Waals surface area contributed by atoms with Gasteiger partial charge in [0.05, 0.1) is 27.7 Å². The highest BCUT2D eigenvalue weighted by molar-refractivity contribution is 7.23. The first kappa shape index (κ1) is 35.8. The summed E-state index contributed by atoms with van der Waals surface area (Å²) in [7, 11) is 0. The number of anilines is 3. The van der Waals surface area contributed by atoms with Gasteiger partial charge in [0.1, 0.15) is 70.8 Å². The molecule has 0 aliphatic carbocycles. The van der Waals surface area contributed by atoms with Gasteiger partial charge in [-0.25, -0.2) is 26.9 Å². The summed E-state index contributed by atoms with van der Waals surface area (Å²) in [5.41, 5.74) is 6.47. The molecular weight excluding hydrogens is 748 g/mol. The van der Waals surface area contributed by atoms with Crippen LogP contribution in [0.15, 0.2) is 30.5 Å². The molecule has 54 heavy (non-hydrogen) atoms. The number of pyridine rings is 1. The molecule has 2 saturated heterocycles. The fourth-order valence-corrected chi connectivity index (χ4v) is 9.05. The van der Waals surface area contributed by atoms with E-state index in [0.29, 0.717) is 24.3 Å². The van der Waals surface area contributed by atoms with Crippen LogP contribution >= 0.6 is 11.3 Å². The summed E-state index contributed by atoms with van der Waals surface area (Å²) in [6, 6.07) is 3.54. The maximum absolute atomic E-state index is 17.4. The topological polar surface area (TPSA) is 139 Å². The number of benzene rings is 2. The second kappa shape index (κ2) is 13.0. The molecule has 10 nitrogen and oxygen atoms in total. The lowest BCUT2D eigenvalue weighted by molar-refractivity contribution is -0.138. The van der Waals surface area contributed by atoms with Gasteiger partial charge < -0.3 is 25.8 Å². The van der Waals surface area contributed by atoms with Gasteiger partial charge in [-0.05, 0) is 37.1 Å². The maximum atomic E-state index is 17.4. The molecule has 6 heterocycles. The lowest BCUT2D eigenvalue weighted by Gasteiger charge is -2.33. The minimum absolute atomic E-state index is 0.115. The standard InChI is InChI=1S/C35H28F8N8O2S/c36-15-11-34(6-2-8-50(34)13-15)14-53-33-48-25-22-27(52-10-9-51(32(22)49-33)26(29(39)40)17-3-1-7-47-30(17)45)23(35(41,42)43)21(24(25)38)16-4-5-19(37)28-20(16)18(12-44)31(46)54-28/h1,3-5,7,15,26,29H,2,6,8-11,13-14,46H2,(H2,45,47)/t15-,26+,34+/m1/s1. The number of aromatic nitrogens is 3. The molecule has 8 rings (SSSR count). The first-order chi connectivity index (χ1) is 25.7. The Bertz CT molecular complexity index is 2370. The van der Waals surface area contributed by atoms with Crippen LogP contribution < -0.4 is 25.8 Å². The number of thiophene rings is 1. The van der Waals surface area contributed by atoms with Crippen molar-refractivity contribution >= 4 is 49.0 Å². The highest BCUT2D eigenvalue weighted by atomic mass is 32.1. The predicted octanol–water partition coefficient (Wildman–Crippen LogP) is 7.40. The molecule has 3 aliphatic rings. The van der Waals surface area contributed by atoms with Crippen molar-refractivity contribution in [2.75, 3.05) is 49.2 Å². The van der Waals surface area contributed by atoms with Crippen molar-refractivity contribution in [2.45, 2.75) is 49.6 Å². The Balaban J connectivity index is 1.43. The van der Waals surface area contributed by atoms with E-state index in [1.54, 1.807) is 6.07 Å². The average Bonchev–Trinajstić information content (AvgIpc) is 3.72. The first-order valence-corrected chi connectivity index (χ1v) is 17.5. The summed E-state index contributed by atoms with van der Waals surface area (Å²) in [6.45, 7) is -0.579. The molecule has 4 N–H and O–H groups in total. The maximum Gasteiger partial charge on any atom is 0.420 e. The monoisotopic (exact) mass is 776 g/mol. The number of rotatable bonds is 7. The van der Waals surface area contributed by atoms with Crippen LogP contribution in [0, 0.1) is 23.0 Å². The summed E-state index contributed by atoms with van der Waals surface area (Å²) in [4.78, 5) is 15.3. The predicted molar refractivity (Wildman–Crippen MR) is 183 cm³/mol. The van der Waals surface area contributed by atoms with Crippen molar-refractivity contribution < 1.29 is 44.6 Å². The van der Waals surface area contributed by atoms with Crippen LogP contribution in [0.5, 0.6) is 11.8 Å². The van der Waals surface area contributed by atoms with Crippen molar-refractivity contribution in [1.29, 1.82) is 5.26 Å². The third-order valence-corrected chi connectivity index (χ3v) is 11.4. The van der Waals surface area contributed by atoms with E-state index in [1.807, 2.05) is 4.90 Å². The molecule has 0 spiro atoms. The summed E-state index contributed by atoms with van der Waals surface area (Å²) < 4.78 is 135. The van der Waals surface area contributed by atoms with Gasteiger partial charge in [-0.15, -0.1) is 11.3 Å². The summed E-state index contributed by atoms with van der Waals surface area (Å²) in [6.07, 6.45) is -7.10. The van der Waals surface area contributed by atoms with Gasteiger partial charge in [0.15, 0.2) is 5.82 Å². The van der Waals surface area contributed by atoms with Crippen LogP contribution in [0.4, 0.5) is 51.8 Å². The van der Waals surface area contributed by atoms with Crippen molar-refractivity contribution in [1.82, 2.24) is 19.9 Å². The lowest BCUT2D eigenvalue weighted by atomic mass is 9.91. The van der Waals surface area contributed by atoms with Gasteiger partial charge in [-0.2, -0.15) is 28.4 Å². The van der Waals surface area contributed by atoms with E-state index in [9.17, 15) is 9.65 Å². The van der Waals surface area contributed by atoms with E-state index in [4.69, 9.17) is 20.9 Å². The second-order valence-electron chi connectivity index (χ2n) is 13.4. The van der Waals surface area contributed by atoms with E-state index >= 15 is 30.7 Å². The Labute approximate surface area is 304 Å². The Kier molecular flexibility index (Phi) is 8.60. The van der Waals surface area contributed by atoms with Gasteiger partial charge in [0.25, 0.3) is 6.43 Å². The molecule has 0 radical (unpaired) electrons. The number of halogens is 8. The van der Waals surface area contributed by atoms with E-state index in [2.05, 4.69) is 15.0 Å². The molecule has 0 unspecified atom stereocenters. The second-order valence-corrected chi connectivity index (χ2v) is 14.4. The van der Waals surface area contributed by atoms with Crippen LogP contribution in [0.25, 0.3) is 32.1 Å². The molecule has 0 bridgehead atoms. The minimum atomic E-state index is -5.39. The van der Waals surface area contributed by atoms with E-state index in [-0.39, 0.29) is 51.6 Å². The van der Waals surface area contributed by atoms with Crippen LogP contribution in [0.1, 0.15) is 42.0 Å². The molecule has 2 fully saturated rings. The van der Waals surface area contributed by atoms with E-state index in [1.165, 1.54) is 18.3 Å². The van der Waals surface area contributed by atoms with E-state index in [0.717, 1.165) is 23.5 Å². The highest BCUT2D eigenvalue weighted by Gasteiger charge is 2.50. The zero-order valence-electron chi connectivity index (χ0n) is 27.9. The molecule has 0 amide bonds. The number of hydrogen-bond donors (Lipinski definition) is 2. The molecule has 0 saturated carbocycles. The zero-order valence-corrected chi connectivity index (χ0v) is 28.7. The molecule has 3 aromatic heterocycles. The third kappa shape index (κ3) is 5.56. The average molecular weight is 777 g/mol. The molecule has 3 atom stereocenters. The zero-order chi connectivity index (χ0) is 38.3. The number of ether oxygens (including phenoxy) is 2. The lowest BCUT2D eigenvalue weighted by Crippen LogP contribution is -2.43. The van der Waals surface area contributed by atoms with Crippen LogP contribution in [-0.4, -0.2) is 70.8 Å². The Morgan fingerprint density at radius 2 is 1.93 bits per heavy atom. The largest absolute Gasteiger partial charge is 0.490 e. The third-order valence-electron chi connectivity index (χ3n) is 10.3. The number of nitriles is 1. The van der Waals surface area contributed by atoms with Crippen molar-refractivity contribution in [3.8, 4) is 29.0 Å². The van der Waals surface area contributed by atoms with Gasteiger partial charge in [0.2, 0.25) is 0 Å². The van der Waals surface area contributed by atoms with Crippen molar-refractivity contribution in [3.63, 3.8) is 0 Å². The van der Waals surface area contributed by atoms with Crippen molar-refractivity contribution in [3.05, 3.63) is 58.8 Å². The number of nitrogens with zero attached hydrogens (tertiary/aromatic N) is 6. The molecule has 3 aliphatic heterocycles. The first-order valence-electron chi connectivity index (χ1n) is 16.7. The Morgan fingerprint density at radius 1 is 1.13 bits per heavy atom. The van der Waals surface area contributed by atoms with Gasteiger partial charge in [-0.1, -0.05) is 12.1 Å². The van der Waals surface area contributed by atoms with Crippen LogP contribution in [-0.2, 0) is 6.18 Å². The van der Waals surface area contributed by atoms with Gasteiger partial charge >= 0.3 is 12.2 Å². The van der Waals surface area contributed by atoms with Gasteiger partial charge in [-0.3, -0.25) is 4.90 Å². The number of nitrogens with two attached hydrogens (primary N) is 2. The van der Waals surface area contributed by atoms with Crippen LogP contribution in [0.2, 0.25) is 0 Å². The summed E-state index contributed by atoms with van der Waals surface area (Å²) in [5, 5.41) is 8.61. The fourth-order valence-electron chi connectivity index (χ4n) is 8.10. The quantitative estimate of drug-likeness (QED) is 0.161. The Morgan fingerprint density at radius 3 is 2.65 bits per heavy atom. The molecule has 282 valence electrons. The van der Waals surface area contributed by atoms with Crippen LogP contribution in [0.3, 0.4) is 0 Å². The highest BCUT2D eigenvalue weighted by Crippen LogP contribution is 2.54. The normalized spacial score (nSPS) is 20.7. The Hall–Kier alpha value is -5.22. The van der Waals surface area contributed by atoms with Gasteiger partial charge in [0, 0.05) is 35.7 Å². The number of hydrogen-bond acceptors (Lipinski definition) is 11. The SMILES string of the molecule is N#Cc1c(N)sc2c(F)ccc(-c3c(C(F)(F)F)c4c5c(nc(OC[C@@]67CCCN6C[C@H](F)C7)nc5c3F)N([C@@H](c3cccnc3N)C(F)F)CCO4)c12. The summed E-state index contributed by atoms with van der Waals surface area (Å²) >= 11 is 0.598. The molecule has 2 aromatic carbocycles. The number of fused-ring (bicyclic) bond motifs is 2. The fraction of sp³-hybridized carbons (Fsp3) is 0.371. The van der Waals surface area contributed by atoms with E-state index < -0.39 is 100 Å². The smallest absolute Gasteiger partial charge is 0.420 e. The summed E-state index contributed by atoms with van der Waals surface area (Å²) in [5.74, 6) is -4.38. The minimum Gasteiger partial charge on any atom is -0.490 e. The van der Waals surface area contributed by atoms with Crippen molar-refractivity contribution in [2.24, 2.45) is 0 Å². The number of nitrogen functional groups attached to an aromatic ring is 2.